The molecule has 0 atom stereocenters. The third-order valence-corrected chi connectivity index (χ3v) is 3.30. The number of hydrogen-bond donors (Lipinski definition) is 2. The number of rotatable bonds is 4. The van der Waals surface area contributed by atoms with Gasteiger partial charge in [0.05, 0.1) is 18.9 Å². The number of H-pyrrole nitrogens is 1. The van der Waals surface area contributed by atoms with Crippen LogP contribution in [0.15, 0.2) is 34.0 Å². The Bertz CT molecular complexity index is 889. The number of hydrogen-bond acceptors (Lipinski definition) is 5. The van der Waals surface area contributed by atoms with Crippen molar-refractivity contribution >= 4 is 5.97 Å². The Labute approximate surface area is 137 Å². The van der Waals surface area contributed by atoms with Crippen molar-refractivity contribution in [3.63, 3.8) is 0 Å². The van der Waals surface area contributed by atoms with Crippen molar-refractivity contribution in [1.82, 2.24) is 9.71 Å². The molecule has 8 heteroatoms. The van der Waals surface area contributed by atoms with E-state index in [1.54, 1.807) is 0 Å². The molecule has 8 nitrogen and oxygen atoms in total. The molecule has 0 amide bonds. The number of benzene rings is 1. The quantitative estimate of drug-likeness (QED) is 0.874. The fraction of sp³-hybridized carbons (Fsp3) is 0.312. The Morgan fingerprint density at radius 2 is 1.92 bits per heavy atom. The maximum Gasteiger partial charge on any atom is 0.361 e. The van der Waals surface area contributed by atoms with Crippen LogP contribution in [-0.2, 0) is 5.41 Å². The summed E-state index contributed by atoms with van der Waals surface area (Å²) in [5.41, 5.74) is -1.18. The summed E-state index contributed by atoms with van der Waals surface area (Å²) in [7, 11) is 1.42. The third-order valence-electron chi connectivity index (χ3n) is 3.30. The average molecular weight is 334 g/mol. The van der Waals surface area contributed by atoms with Crippen LogP contribution < -0.4 is 20.8 Å². The fourth-order valence-electron chi connectivity index (χ4n) is 2.14. The molecule has 2 aromatic rings. The number of carbonyl (C=O) groups is 1. The predicted molar refractivity (Wildman–Crippen MR) is 86.0 cm³/mol. The van der Waals surface area contributed by atoms with Crippen LogP contribution in [-0.4, -0.2) is 27.9 Å². The molecule has 0 unspecified atom stereocenters. The summed E-state index contributed by atoms with van der Waals surface area (Å²) in [5, 5.41) is 9.31. The van der Waals surface area contributed by atoms with Crippen molar-refractivity contribution in [2.75, 3.05) is 7.11 Å². The molecule has 1 aromatic carbocycles. The second-order valence-electron chi connectivity index (χ2n) is 6.14. The first-order valence-electron chi connectivity index (χ1n) is 7.09. The number of aromatic nitrogens is 2. The maximum absolute atomic E-state index is 11.8. The van der Waals surface area contributed by atoms with Crippen LogP contribution in [0.4, 0.5) is 0 Å². The van der Waals surface area contributed by atoms with Crippen molar-refractivity contribution in [1.29, 1.82) is 0 Å². The zero-order chi connectivity index (χ0) is 18.1. The van der Waals surface area contributed by atoms with E-state index in [0.29, 0.717) is 11.3 Å². The monoisotopic (exact) mass is 334 g/mol. The molecule has 0 aliphatic rings. The van der Waals surface area contributed by atoms with Gasteiger partial charge in [-0.2, -0.15) is 0 Å². The van der Waals surface area contributed by atoms with Gasteiger partial charge in [0.1, 0.15) is 0 Å². The maximum atomic E-state index is 11.8. The number of carboxylic acids is 1. The molecule has 2 rings (SSSR count). The summed E-state index contributed by atoms with van der Waals surface area (Å²) in [6, 6.07) is 3.87. The molecule has 0 spiro atoms. The lowest BCUT2D eigenvalue weighted by atomic mass is 9.85. The lowest BCUT2D eigenvalue weighted by Gasteiger charge is -2.24. The summed E-state index contributed by atoms with van der Waals surface area (Å²) in [4.78, 5) is 41.8. The highest BCUT2D eigenvalue weighted by Gasteiger charge is 2.25. The fourth-order valence-corrected chi connectivity index (χ4v) is 2.14. The lowest BCUT2D eigenvalue weighted by molar-refractivity contribution is 0.0695. The molecule has 0 radical (unpaired) electrons. The average Bonchev–Trinajstić information content (AvgIpc) is 2.48. The molecule has 0 aliphatic carbocycles. The van der Waals surface area contributed by atoms with Gasteiger partial charge in [0, 0.05) is 17.7 Å². The van der Waals surface area contributed by atoms with Crippen LogP contribution in [0.2, 0.25) is 0 Å². The molecule has 0 saturated heterocycles. The summed E-state index contributed by atoms with van der Waals surface area (Å²) < 4.78 is 6.16. The molecule has 24 heavy (non-hydrogen) atoms. The highest BCUT2D eigenvalue weighted by Crippen LogP contribution is 2.39. The number of ether oxygens (including phenoxy) is 1. The van der Waals surface area contributed by atoms with Crippen molar-refractivity contribution in [2.24, 2.45) is 0 Å². The highest BCUT2D eigenvalue weighted by atomic mass is 16.7. The van der Waals surface area contributed by atoms with E-state index in [2.05, 4.69) is 0 Å². The van der Waals surface area contributed by atoms with Crippen LogP contribution in [0.1, 0.15) is 36.7 Å². The smallest absolute Gasteiger partial charge is 0.361 e. The van der Waals surface area contributed by atoms with Gasteiger partial charge in [0.2, 0.25) is 0 Å². The highest BCUT2D eigenvalue weighted by molar-refractivity contribution is 5.89. The van der Waals surface area contributed by atoms with Gasteiger partial charge in [0.15, 0.2) is 11.5 Å². The molecule has 1 heterocycles. The Morgan fingerprint density at radius 1 is 1.25 bits per heavy atom. The standard InChI is InChI=1S/C16H18N2O6/c1-16(2,3)10-7-9(14(20)21)8-11(13(10)23-4)24-18-6-5-12(19)17-15(18)22/h5-8H,1-4H3,(H,20,21)(H,17,19,22). The van der Waals surface area contributed by atoms with E-state index in [0.717, 1.165) is 17.0 Å². The van der Waals surface area contributed by atoms with E-state index in [-0.39, 0.29) is 11.3 Å². The van der Waals surface area contributed by atoms with E-state index < -0.39 is 22.6 Å². The van der Waals surface area contributed by atoms with Crippen molar-refractivity contribution in [3.05, 3.63) is 56.4 Å². The van der Waals surface area contributed by atoms with Crippen LogP contribution >= 0.6 is 0 Å². The Morgan fingerprint density at radius 3 is 2.42 bits per heavy atom. The van der Waals surface area contributed by atoms with Crippen molar-refractivity contribution < 1.29 is 19.5 Å². The summed E-state index contributed by atoms with van der Waals surface area (Å²) in [5.74, 6) is -0.774. The normalized spacial score (nSPS) is 11.2. The van der Waals surface area contributed by atoms with Gasteiger partial charge >= 0.3 is 11.7 Å². The van der Waals surface area contributed by atoms with Gasteiger partial charge < -0.3 is 14.7 Å². The van der Waals surface area contributed by atoms with E-state index in [4.69, 9.17) is 9.57 Å². The molecule has 0 aliphatic heterocycles. The third kappa shape index (κ3) is 3.48. The second-order valence-corrected chi connectivity index (χ2v) is 6.14. The zero-order valence-electron chi connectivity index (χ0n) is 13.7. The molecule has 0 saturated carbocycles. The minimum atomic E-state index is -1.14. The second kappa shape index (κ2) is 6.23. The topological polar surface area (TPSA) is 111 Å². The van der Waals surface area contributed by atoms with Crippen molar-refractivity contribution in [2.45, 2.75) is 26.2 Å². The molecule has 0 fully saturated rings. The van der Waals surface area contributed by atoms with E-state index in [1.165, 1.54) is 19.2 Å². The largest absolute Gasteiger partial charge is 0.492 e. The van der Waals surface area contributed by atoms with Crippen LogP contribution in [0.25, 0.3) is 0 Å². The Balaban J connectivity index is 2.67. The number of nitrogens with zero attached hydrogens (tertiary/aromatic N) is 1. The van der Waals surface area contributed by atoms with Gasteiger partial charge in [-0.25, -0.2) is 9.59 Å². The molecular weight excluding hydrogens is 316 g/mol. The van der Waals surface area contributed by atoms with Crippen molar-refractivity contribution in [3.8, 4) is 11.5 Å². The summed E-state index contributed by atoms with van der Waals surface area (Å²) in [6.45, 7) is 5.69. The molecule has 1 aromatic heterocycles. The zero-order valence-corrected chi connectivity index (χ0v) is 13.7. The van der Waals surface area contributed by atoms with E-state index in [1.807, 2.05) is 25.8 Å². The molecule has 2 N–H and O–H groups in total. The molecular formula is C16H18N2O6. The first-order valence-corrected chi connectivity index (χ1v) is 7.09. The Kier molecular flexibility index (Phi) is 4.50. The lowest BCUT2D eigenvalue weighted by Crippen LogP contribution is -2.31. The van der Waals surface area contributed by atoms with Gasteiger partial charge in [-0.1, -0.05) is 20.8 Å². The van der Waals surface area contributed by atoms with Gasteiger partial charge in [-0.05, 0) is 11.5 Å². The molecule has 128 valence electrons. The molecule has 0 bridgehead atoms. The van der Waals surface area contributed by atoms with E-state index in [9.17, 15) is 19.5 Å². The first-order chi connectivity index (χ1) is 11.1. The van der Waals surface area contributed by atoms with Gasteiger partial charge in [-0.3, -0.25) is 9.78 Å². The number of nitrogens with one attached hydrogen (secondary N) is 1. The van der Waals surface area contributed by atoms with Gasteiger partial charge in [0.25, 0.3) is 5.56 Å². The number of carboxylic acid groups (broad SMARTS) is 1. The predicted octanol–water partition coefficient (Wildman–Crippen LogP) is 1.38. The summed E-state index contributed by atoms with van der Waals surface area (Å²) in [6.07, 6.45) is 1.14. The van der Waals surface area contributed by atoms with Crippen LogP contribution in [0, 0.1) is 0 Å². The number of methoxy groups -OCH3 is 1. The van der Waals surface area contributed by atoms with Crippen LogP contribution in [0.5, 0.6) is 11.5 Å². The number of aromatic amines is 1. The number of aromatic carboxylic acids is 1. The summed E-state index contributed by atoms with van der Waals surface area (Å²) >= 11 is 0. The minimum absolute atomic E-state index is 0.00630. The van der Waals surface area contributed by atoms with Gasteiger partial charge in [-0.15, -0.1) is 4.73 Å². The van der Waals surface area contributed by atoms with Crippen LogP contribution in [0.3, 0.4) is 0 Å². The SMILES string of the molecule is COc1c(On2ccc(=O)[nH]c2=O)cc(C(=O)O)cc1C(C)(C)C. The minimum Gasteiger partial charge on any atom is -0.492 e. The Hall–Kier alpha value is -3.03. The van der Waals surface area contributed by atoms with E-state index >= 15 is 0 Å². The first kappa shape index (κ1) is 17.3.